The second kappa shape index (κ2) is 6.02. The van der Waals surface area contributed by atoms with Gasteiger partial charge < -0.3 is 5.32 Å². The lowest BCUT2D eigenvalue weighted by Gasteiger charge is -2.15. The summed E-state index contributed by atoms with van der Waals surface area (Å²) < 4.78 is 53.3. The fraction of sp³-hybridized carbons (Fsp3) is 0.333. The van der Waals surface area contributed by atoms with Crippen LogP contribution in [0.3, 0.4) is 0 Å². The number of alkyl halides is 3. The molecule has 2 rings (SSSR count). The third-order valence-electron chi connectivity index (χ3n) is 3.40. The summed E-state index contributed by atoms with van der Waals surface area (Å²) in [6, 6.07) is 1.22. The Morgan fingerprint density at radius 1 is 1.35 bits per heavy atom. The molecule has 1 aromatic carbocycles. The highest BCUT2D eigenvalue weighted by Crippen LogP contribution is 2.30. The van der Waals surface area contributed by atoms with E-state index in [1.54, 1.807) is 31.8 Å². The van der Waals surface area contributed by atoms with Crippen LogP contribution in [0.2, 0.25) is 0 Å². The quantitative estimate of drug-likeness (QED) is 0.878. The van der Waals surface area contributed by atoms with Crippen LogP contribution in [0.5, 0.6) is 0 Å². The molecule has 1 aromatic heterocycles. The summed E-state index contributed by atoms with van der Waals surface area (Å²) in [6.45, 7) is 3.39. The molecule has 23 heavy (non-hydrogen) atoms. The molecule has 4 nitrogen and oxygen atoms in total. The fourth-order valence-corrected chi connectivity index (χ4v) is 2.27. The summed E-state index contributed by atoms with van der Waals surface area (Å²) in [5.74, 6) is -1.92. The van der Waals surface area contributed by atoms with Crippen molar-refractivity contribution in [2.75, 3.05) is 0 Å². The lowest BCUT2D eigenvalue weighted by molar-refractivity contribution is -0.137. The zero-order valence-electron chi connectivity index (χ0n) is 12.7. The molecule has 0 saturated heterocycles. The molecule has 0 aliphatic rings. The van der Waals surface area contributed by atoms with Crippen molar-refractivity contribution in [3.05, 3.63) is 52.6 Å². The molecule has 124 valence electrons. The van der Waals surface area contributed by atoms with Crippen LogP contribution in [0.25, 0.3) is 0 Å². The third-order valence-corrected chi connectivity index (χ3v) is 3.40. The summed E-state index contributed by atoms with van der Waals surface area (Å²) >= 11 is 0. The van der Waals surface area contributed by atoms with Gasteiger partial charge in [0.05, 0.1) is 22.9 Å². The van der Waals surface area contributed by atoms with Crippen LogP contribution < -0.4 is 5.32 Å². The van der Waals surface area contributed by atoms with Gasteiger partial charge >= 0.3 is 6.18 Å². The summed E-state index contributed by atoms with van der Waals surface area (Å²) in [5, 5.41) is 6.61. The molecule has 0 radical (unpaired) electrons. The smallest absolute Gasteiger partial charge is 0.345 e. The van der Waals surface area contributed by atoms with Crippen molar-refractivity contribution >= 4 is 5.91 Å². The number of amides is 1. The summed E-state index contributed by atoms with van der Waals surface area (Å²) in [5.41, 5.74) is -0.347. The Morgan fingerprint density at radius 3 is 2.52 bits per heavy atom. The molecule has 0 fully saturated rings. The van der Waals surface area contributed by atoms with Crippen LogP contribution in [-0.2, 0) is 13.2 Å². The van der Waals surface area contributed by atoms with Crippen LogP contribution in [-0.4, -0.2) is 15.7 Å². The predicted molar refractivity (Wildman–Crippen MR) is 75.2 cm³/mol. The van der Waals surface area contributed by atoms with E-state index in [9.17, 15) is 22.4 Å². The molecular weight excluding hydrogens is 314 g/mol. The van der Waals surface area contributed by atoms with E-state index in [-0.39, 0.29) is 0 Å². The number of hydrogen-bond acceptors (Lipinski definition) is 2. The van der Waals surface area contributed by atoms with Crippen molar-refractivity contribution in [1.82, 2.24) is 15.1 Å². The highest BCUT2D eigenvalue weighted by molar-refractivity contribution is 5.95. The Kier molecular flexibility index (Phi) is 4.44. The molecule has 0 spiro atoms. The van der Waals surface area contributed by atoms with Gasteiger partial charge in [0.25, 0.3) is 5.91 Å². The van der Waals surface area contributed by atoms with Gasteiger partial charge in [-0.3, -0.25) is 9.48 Å². The molecule has 0 unspecified atom stereocenters. The molecular formula is C15H15F4N3O. The van der Waals surface area contributed by atoms with E-state index in [1.807, 2.05) is 0 Å². The molecule has 1 heterocycles. The fourth-order valence-electron chi connectivity index (χ4n) is 2.27. The number of nitrogens with one attached hydrogen (secondary N) is 1. The first-order valence-electron chi connectivity index (χ1n) is 6.77. The van der Waals surface area contributed by atoms with Gasteiger partial charge in [-0.25, -0.2) is 4.39 Å². The molecule has 1 N–H and O–H groups in total. The second-order valence-electron chi connectivity index (χ2n) is 5.23. The van der Waals surface area contributed by atoms with Gasteiger partial charge in [-0.05, 0) is 32.0 Å². The average molecular weight is 329 g/mol. The van der Waals surface area contributed by atoms with E-state index < -0.39 is 35.1 Å². The first kappa shape index (κ1) is 17.0. The summed E-state index contributed by atoms with van der Waals surface area (Å²) in [4.78, 5) is 12.1. The van der Waals surface area contributed by atoms with Crippen molar-refractivity contribution in [3.63, 3.8) is 0 Å². The van der Waals surface area contributed by atoms with Gasteiger partial charge in [0.1, 0.15) is 5.82 Å². The van der Waals surface area contributed by atoms with E-state index in [1.165, 1.54) is 0 Å². The number of hydrogen-bond donors (Lipinski definition) is 1. The number of aromatic nitrogens is 2. The van der Waals surface area contributed by atoms with Crippen molar-refractivity contribution < 1.29 is 22.4 Å². The molecule has 0 bridgehead atoms. The van der Waals surface area contributed by atoms with Gasteiger partial charge in [-0.1, -0.05) is 0 Å². The van der Waals surface area contributed by atoms with E-state index in [4.69, 9.17) is 0 Å². The number of benzene rings is 1. The number of rotatable bonds is 3. The predicted octanol–water partition coefficient (Wildman–Crippen LogP) is 3.38. The monoisotopic (exact) mass is 329 g/mol. The number of carbonyl (C=O) groups is 1. The maximum Gasteiger partial charge on any atom is 0.416 e. The summed E-state index contributed by atoms with van der Waals surface area (Å²) in [7, 11) is 1.71. The number of aryl methyl sites for hydroxylation is 2. The van der Waals surface area contributed by atoms with Crippen molar-refractivity contribution in [1.29, 1.82) is 0 Å². The van der Waals surface area contributed by atoms with E-state index in [2.05, 4.69) is 10.4 Å². The minimum absolute atomic E-state index is 0.507. The Bertz CT molecular complexity index is 737. The van der Waals surface area contributed by atoms with Crippen molar-refractivity contribution in [2.24, 2.45) is 7.05 Å². The summed E-state index contributed by atoms with van der Waals surface area (Å²) in [6.07, 6.45) is -2.96. The van der Waals surface area contributed by atoms with Gasteiger partial charge in [0.15, 0.2) is 0 Å². The highest BCUT2D eigenvalue weighted by atomic mass is 19.4. The molecule has 2 aromatic rings. The van der Waals surface area contributed by atoms with Crippen LogP contribution in [0.4, 0.5) is 17.6 Å². The zero-order valence-corrected chi connectivity index (χ0v) is 12.7. The Hall–Kier alpha value is -2.38. The van der Waals surface area contributed by atoms with Gasteiger partial charge in [0, 0.05) is 18.8 Å². The zero-order chi connectivity index (χ0) is 17.4. The van der Waals surface area contributed by atoms with Gasteiger partial charge in [0.2, 0.25) is 0 Å². The molecule has 0 saturated carbocycles. The number of carbonyl (C=O) groups excluding carboxylic acids is 1. The first-order chi connectivity index (χ1) is 10.6. The van der Waals surface area contributed by atoms with Crippen molar-refractivity contribution in [2.45, 2.75) is 26.1 Å². The highest BCUT2D eigenvalue weighted by Gasteiger charge is 2.32. The van der Waals surface area contributed by atoms with E-state index >= 15 is 0 Å². The van der Waals surface area contributed by atoms with Crippen LogP contribution in [0.1, 0.15) is 40.1 Å². The lowest BCUT2D eigenvalue weighted by Crippen LogP contribution is -2.28. The van der Waals surface area contributed by atoms with Gasteiger partial charge in [-0.15, -0.1) is 0 Å². The van der Waals surface area contributed by atoms with E-state index in [0.29, 0.717) is 29.5 Å². The molecule has 0 aliphatic heterocycles. The van der Waals surface area contributed by atoms with Crippen LogP contribution in [0, 0.1) is 12.7 Å². The Balaban J connectivity index is 2.25. The normalized spacial score (nSPS) is 13.0. The molecule has 0 aliphatic carbocycles. The van der Waals surface area contributed by atoms with Crippen LogP contribution >= 0.6 is 0 Å². The minimum Gasteiger partial charge on any atom is -0.345 e. The molecule has 1 atom stereocenters. The minimum atomic E-state index is -4.64. The maximum atomic E-state index is 13.7. The standard InChI is InChI=1S/C15H15F4N3O/c1-8(12-7-22(3)21-9(12)2)20-14(23)11-6-10(15(17,18)19)4-5-13(11)16/h4-8H,1-3H3,(H,20,23)/t8-/m0/s1. The van der Waals surface area contributed by atoms with E-state index in [0.717, 1.165) is 0 Å². The SMILES string of the molecule is Cc1nn(C)cc1[C@H](C)NC(=O)c1cc(C(F)(F)F)ccc1F. The first-order valence-corrected chi connectivity index (χ1v) is 6.77. The lowest BCUT2D eigenvalue weighted by atomic mass is 10.1. The second-order valence-corrected chi connectivity index (χ2v) is 5.23. The number of nitrogens with zero attached hydrogens (tertiary/aromatic N) is 2. The largest absolute Gasteiger partial charge is 0.416 e. The topological polar surface area (TPSA) is 46.9 Å². The molecule has 8 heteroatoms. The van der Waals surface area contributed by atoms with Crippen LogP contribution in [0.15, 0.2) is 24.4 Å². The Morgan fingerprint density at radius 2 is 2.00 bits per heavy atom. The molecule has 1 amide bonds. The van der Waals surface area contributed by atoms with Gasteiger partial charge in [-0.2, -0.15) is 18.3 Å². The maximum absolute atomic E-state index is 13.7. The Labute approximate surface area is 130 Å². The average Bonchev–Trinajstić information content (AvgIpc) is 2.76. The third kappa shape index (κ3) is 3.69. The number of halogens is 4. The van der Waals surface area contributed by atoms with Crippen molar-refractivity contribution in [3.8, 4) is 0 Å².